The van der Waals surface area contributed by atoms with Crippen molar-refractivity contribution in [3.05, 3.63) is 11.3 Å². The summed E-state index contributed by atoms with van der Waals surface area (Å²) < 4.78 is 9.62. The van der Waals surface area contributed by atoms with Gasteiger partial charge < -0.3 is 9.47 Å². The summed E-state index contributed by atoms with van der Waals surface area (Å²) in [5.41, 5.74) is 0.872. The predicted octanol–water partition coefficient (Wildman–Crippen LogP) is 0.560. The third kappa shape index (κ3) is 2.52. The van der Waals surface area contributed by atoms with E-state index in [2.05, 4.69) is 9.73 Å². The lowest BCUT2D eigenvalue weighted by molar-refractivity contribution is -0.136. The Bertz CT molecular complexity index is 294. The van der Waals surface area contributed by atoms with Crippen LogP contribution in [0.5, 0.6) is 0 Å². The number of aliphatic imine (C=N–C) groups is 1. The van der Waals surface area contributed by atoms with Gasteiger partial charge in [-0.3, -0.25) is 0 Å². The summed E-state index contributed by atoms with van der Waals surface area (Å²) in [5.74, 6) is -0.592. The molecule has 0 spiro atoms. The molecular formula is C9H11NO4. The van der Waals surface area contributed by atoms with E-state index in [0.29, 0.717) is 26.1 Å². The molecular weight excluding hydrogens is 186 g/mol. The Morgan fingerprint density at radius 3 is 2.64 bits per heavy atom. The van der Waals surface area contributed by atoms with Crippen LogP contribution in [0.2, 0.25) is 0 Å². The summed E-state index contributed by atoms with van der Waals surface area (Å²) in [7, 11) is 1.25. The first kappa shape index (κ1) is 10.6. The molecule has 5 nitrogen and oxygen atoms in total. The van der Waals surface area contributed by atoms with Crippen LogP contribution in [0, 0.1) is 0 Å². The second-order valence-electron chi connectivity index (χ2n) is 2.76. The topological polar surface area (TPSA) is 65.0 Å². The van der Waals surface area contributed by atoms with Crippen molar-refractivity contribution >= 4 is 12.0 Å². The quantitative estimate of drug-likeness (QED) is 0.281. The standard InChI is InChI=1S/C9H11NO4/c1-13-9(12)8(10-6-11)7-2-4-14-5-3-7/h2-5H2,1H3. The van der Waals surface area contributed by atoms with Crippen LogP contribution < -0.4 is 0 Å². The lowest BCUT2D eigenvalue weighted by Crippen LogP contribution is -2.13. The fourth-order valence-corrected chi connectivity index (χ4v) is 1.27. The number of carbonyl (C=O) groups is 1. The van der Waals surface area contributed by atoms with E-state index < -0.39 is 5.97 Å². The zero-order valence-corrected chi connectivity index (χ0v) is 7.91. The first-order valence-corrected chi connectivity index (χ1v) is 4.25. The van der Waals surface area contributed by atoms with Crippen molar-refractivity contribution in [2.45, 2.75) is 12.8 Å². The third-order valence-corrected chi connectivity index (χ3v) is 1.97. The van der Waals surface area contributed by atoms with Gasteiger partial charge in [-0.05, 0) is 18.4 Å². The lowest BCUT2D eigenvalue weighted by Gasteiger charge is -2.15. The highest BCUT2D eigenvalue weighted by atomic mass is 16.5. The number of hydrogen-bond acceptors (Lipinski definition) is 5. The average molecular weight is 197 g/mol. The van der Waals surface area contributed by atoms with Gasteiger partial charge in [-0.2, -0.15) is 4.99 Å². The van der Waals surface area contributed by atoms with Crippen LogP contribution in [0.3, 0.4) is 0 Å². The highest BCUT2D eigenvalue weighted by Gasteiger charge is 2.17. The summed E-state index contributed by atoms with van der Waals surface area (Å²) in [6, 6.07) is 0. The maximum Gasteiger partial charge on any atom is 0.357 e. The molecule has 0 aromatic carbocycles. The second kappa shape index (κ2) is 5.32. The highest BCUT2D eigenvalue weighted by Crippen LogP contribution is 2.19. The van der Waals surface area contributed by atoms with Gasteiger partial charge in [-0.15, -0.1) is 0 Å². The molecule has 0 N–H and O–H groups in total. The molecule has 0 bridgehead atoms. The van der Waals surface area contributed by atoms with Gasteiger partial charge in [0.15, 0.2) is 5.70 Å². The minimum Gasteiger partial charge on any atom is -0.464 e. The largest absolute Gasteiger partial charge is 0.464 e. The third-order valence-electron chi connectivity index (χ3n) is 1.97. The van der Waals surface area contributed by atoms with Crippen molar-refractivity contribution < 1.29 is 19.1 Å². The van der Waals surface area contributed by atoms with Gasteiger partial charge in [-0.25, -0.2) is 9.59 Å². The zero-order valence-electron chi connectivity index (χ0n) is 7.91. The molecule has 76 valence electrons. The van der Waals surface area contributed by atoms with E-state index in [1.54, 1.807) is 0 Å². The molecule has 1 heterocycles. The Hall–Kier alpha value is -1.45. The van der Waals surface area contributed by atoms with Gasteiger partial charge in [0.1, 0.15) is 0 Å². The maximum absolute atomic E-state index is 11.2. The monoisotopic (exact) mass is 197 g/mol. The van der Waals surface area contributed by atoms with Gasteiger partial charge in [0.2, 0.25) is 6.08 Å². The Kier molecular flexibility index (Phi) is 4.04. The number of isocyanates is 1. The first-order chi connectivity index (χ1) is 6.79. The van der Waals surface area contributed by atoms with Crippen LogP contribution in [0.15, 0.2) is 16.3 Å². The van der Waals surface area contributed by atoms with Crippen molar-refractivity contribution in [3.63, 3.8) is 0 Å². The normalized spacial score (nSPS) is 15.6. The molecule has 0 radical (unpaired) electrons. The molecule has 0 amide bonds. The molecule has 1 rings (SSSR count). The summed E-state index contributed by atoms with van der Waals surface area (Å²) in [4.78, 5) is 24.7. The maximum atomic E-state index is 11.2. The van der Waals surface area contributed by atoms with E-state index in [9.17, 15) is 9.59 Å². The summed E-state index contributed by atoms with van der Waals surface area (Å²) in [6.45, 7) is 1.09. The molecule has 0 unspecified atom stereocenters. The van der Waals surface area contributed by atoms with Crippen LogP contribution >= 0.6 is 0 Å². The van der Waals surface area contributed by atoms with Crippen LogP contribution in [-0.2, 0) is 19.1 Å². The van der Waals surface area contributed by atoms with E-state index >= 15 is 0 Å². The van der Waals surface area contributed by atoms with E-state index in [0.717, 1.165) is 5.57 Å². The molecule has 0 aliphatic carbocycles. The van der Waals surface area contributed by atoms with Crippen molar-refractivity contribution in [2.24, 2.45) is 4.99 Å². The Labute approximate surface area is 81.4 Å². The number of hydrogen-bond donors (Lipinski definition) is 0. The molecule has 5 heteroatoms. The van der Waals surface area contributed by atoms with Crippen LogP contribution in [0.4, 0.5) is 0 Å². The number of methoxy groups -OCH3 is 1. The molecule has 1 saturated heterocycles. The van der Waals surface area contributed by atoms with Gasteiger partial charge in [0.25, 0.3) is 0 Å². The van der Waals surface area contributed by atoms with E-state index in [-0.39, 0.29) is 5.70 Å². The number of esters is 1. The summed E-state index contributed by atoms with van der Waals surface area (Å²) >= 11 is 0. The Morgan fingerprint density at radius 1 is 1.50 bits per heavy atom. The highest BCUT2D eigenvalue weighted by molar-refractivity contribution is 5.89. The van der Waals surface area contributed by atoms with Gasteiger partial charge in [-0.1, -0.05) is 0 Å². The van der Waals surface area contributed by atoms with Gasteiger partial charge in [0, 0.05) is 0 Å². The molecule has 0 aromatic heterocycles. The van der Waals surface area contributed by atoms with Crippen LogP contribution in [0.25, 0.3) is 0 Å². The predicted molar refractivity (Wildman–Crippen MR) is 47.2 cm³/mol. The number of nitrogens with zero attached hydrogens (tertiary/aromatic N) is 1. The van der Waals surface area contributed by atoms with E-state index in [1.165, 1.54) is 13.2 Å². The van der Waals surface area contributed by atoms with E-state index in [1.807, 2.05) is 0 Å². The number of rotatable bonds is 2. The van der Waals surface area contributed by atoms with Crippen molar-refractivity contribution in [3.8, 4) is 0 Å². The second-order valence-corrected chi connectivity index (χ2v) is 2.76. The first-order valence-electron chi connectivity index (χ1n) is 4.25. The number of carbonyl (C=O) groups excluding carboxylic acids is 2. The molecule has 0 saturated carbocycles. The van der Waals surface area contributed by atoms with Gasteiger partial charge >= 0.3 is 5.97 Å². The molecule has 0 atom stereocenters. The molecule has 0 aromatic rings. The fraction of sp³-hybridized carbons (Fsp3) is 0.556. The Balaban J connectivity index is 2.93. The molecule has 1 aliphatic rings. The summed E-state index contributed by atoms with van der Waals surface area (Å²) in [6.07, 6.45) is 2.57. The minimum atomic E-state index is -0.592. The SMILES string of the molecule is COC(=O)C(N=C=O)=C1CCOCC1. The molecule has 1 fully saturated rings. The van der Waals surface area contributed by atoms with E-state index in [4.69, 9.17) is 4.74 Å². The Morgan fingerprint density at radius 2 is 2.14 bits per heavy atom. The van der Waals surface area contributed by atoms with Gasteiger partial charge in [0.05, 0.1) is 20.3 Å². The molecule has 14 heavy (non-hydrogen) atoms. The number of ether oxygens (including phenoxy) is 2. The average Bonchev–Trinajstić information content (AvgIpc) is 2.26. The zero-order chi connectivity index (χ0) is 10.4. The fourth-order valence-electron chi connectivity index (χ4n) is 1.27. The lowest BCUT2D eigenvalue weighted by atomic mass is 10.1. The summed E-state index contributed by atoms with van der Waals surface area (Å²) in [5, 5.41) is 0. The van der Waals surface area contributed by atoms with Crippen LogP contribution in [0.1, 0.15) is 12.8 Å². The molecule has 1 aliphatic heterocycles. The smallest absolute Gasteiger partial charge is 0.357 e. The van der Waals surface area contributed by atoms with Crippen molar-refractivity contribution in [1.82, 2.24) is 0 Å². The van der Waals surface area contributed by atoms with Crippen molar-refractivity contribution in [2.75, 3.05) is 20.3 Å². The van der Waals surface area contributed by atoms with Crippen molar-refractivity contribution in [1.29, 1.82) is 0 Å². The van der Waals surface area contributed by atoms with Crippen LogP contribution in [-0.4, -0.2) is 32.4 Å². The minimum absolute atomic E-state index is 0.0748.